The maximum Gasteiger partial charge on any atom is 0.266 e. The van der Waals surface area contributed by atoms with E-state index in [-0.39, 0.29) is 18.3 Å². The van der Waals surface area contributed by atoms with Gasteiger partial charge >= 0.3 is 0 Å². The molecule has 2 heterocycles. The standard InChI is InChI=1S/C18H17FN2O2S2/c1-3-24-15-8-7-11(9-20-15)21-18(22)17-12(10-23-2)16-13(19)5-4-6-14(16)25-17/h4-9H,3,10H2,1-2H3,(H,21,22). The van der Waals surface area contributed by atoms with Gasteiger partial charge < -0.3 is 10.1 Å². The van der Waals surface area contributed by atoms with Crippen LogP contribution >= 0.6 is 23.1 Å². The molecular formula is C18H17FN2O2S2. The molecule has 3 rings (SSSR count). The Labute approximate surface area is 153 Å². The molecule has 0 atom stereocenters. The molecule has 1 amide bonds. The normalized spacial score (nSPS) is 11.0. The molecule has 4 nitrogen and oxygen atoms in total. The molecule has 0 fully saturated rings. The fraction of sp³-hybridized carbons (Fsp3) is 0.222. The van der Waals surface area contributed by atoms with E-state index in [1.165, 1.54) is 24.5 Å². The first kappa shape index (κ1) is 17.8. The fourth-order valence-electron chi connectivity index (χ4n) is 2.51. The van der Waals surface area contributed by atoms with Crippen molar-refractivity contribution in [1.82, 2.24) is 4.98 Å². The summed E-state index contributed by atoms with van der Waals surface area (Å²) < 4.78 is 20.1. The third kappa shape index (κ3) is 3.84. The topological polar surface area (TPSA) is 51.2 Å². The van der Waals surface area contributed by atoms with Crippen molar-refractivity contribution in [2.24, 2.45) is 0 Å². The van der Waals surface area contributed by atoms with Gasteiger partial charge in [0, 0.05) is 22.8 Å². The minimum atomic E-state index is -0.345. The Balaban J connectivity index is 1.91. The van der Waals surface area contributed by atoms with Gasteiger partial charge in [-0.2, -0.15) is 0 Å². The lowest BCUT2D eigenvalue weighted by atomic mass is 10.1. The van der Waals surface area contributed by atoms with Crippen molar-refractivity contribution < 1.29 is 13.9 Å². The average Bonchev–Trinajstić information content (AvgIpc) is 2.97. The number of thiophene rings is 1. The number of ether oxygens (including phenoxy) is 1. The van der Waals surface area contributed by atoms with Gasteiger partial charge in [-0.1, -0.05) is 13.0 Å². The molecule has 0 bridgehead atoms. The zero-order valence-corrected chi connectivity index (χ0v) is 15.5. The van der Waals surface area contributed by atoms with E-state index in [0.29, 0.717) is 21.5 Å². The van der Waals surface area contributed by atoms with E-state index in [2.05, 4.69) is 17.2 Å². The van der Waals surface area contributed by atoms with Crippen LogP contribution in [-0.2, 0) is 11.3 Å². The van der Waals surface area contributed by atoms with E-state index < -0.39 is 0 Å². The van der Waals surface area contributed by atoms with E-state index in [9.17, 15) is 9.18 Å². The number of nitrogens with zero attached hydrogens (tertiary/aromatic N) is 1. The second-order valence-corrected chi connectivity index (χ2v) is 7.56. The number of carbonyl (C=O) groups is 1. The van der Waals surface area contributed by atoms with Gasteiger partial charge in [-0.25, -0.2) is 9.37 Å². The van der Waals surface area contributed by atoms with Crippen molar-refractivity contribution in [3.63, 3.8) is 0 Å². The van der Waals surface area contributed by atoms with Gasteiger partial charge in [0.25, 0.3) is 5.91 Å². The zero-order valence-electron chi connectivity index (χ0n) is 13.8. The monoisotopic (exact) mass is 376 g/mol. The SMILES string of the molecule is CCSc1ccc(NC(=O)c2sc3cccc(F)c3c2COC)cn1. The number of aromatic nitrogens is 1. The number of amides is 1. The minimum absolute atomic E-state index is 0.175. The Morgan fingerprint density at radius 2 is 2.20 bits per heavy atom. The maximum absolute atomic E-state index is 14.2. The number of benzene rings is 1. The van der Waals surface area contributed by atoms with Gasteiger partial charge in [0.1, 0.15) is 5.82 Å². The molecule has 1 N–H and O–H groups in total. The highest BCUT2D eigenvalue weighted by Gasteiger charge is 2.20. The van der Waals surface area contributed by atoms with Crippen molar-refractivity contribution in [3.05, 3.63) is 52.8 Å². The minimum Gasteiger partial charge on any atom is -0.380 e. The van der Waals surface area contributed by atoms with Crippen LogP contribution < -0.4 is 5.32 Å². The van der Waals surface area contributed by atoms with Gasteiger partial charge in [-0.15, -0.1) is 23.1 Å². The highest BCUT2D eigenvalue weighted by molar-refractivity contribution is 7.99. The van der Waals surface area contributed by atoms with Crippen LogP contribution in [0.4, 0.5) is 10.1 Å². The summed E-state index contributed by atoms with van der Waals surface area (Å²) in [5.74, 6) is 0.305. The summed E-state index contributed by atoms with van der Waals surface area (Å²) in [6, 6.07) is 8.51. The van der Waals surface area contributed by atoms with Gasteiger partial charge in [0.05, 0.1) is 28.4 Å². The molecule has 130 valence electrons. The summed E-state index contributed by atoms with van der Waals surface area (Å²) in [5.41, 5.74) is 1.18. The van der Waals surface area contributed by atoms with Gasteiger partial charge in [-0.3, -0.25) is 4.79 Å². The Morgan fingerprint density at radius 1 is 1.36 bits per heavy atom. The lowest BCUT2D eigenvalue weighted by molar-refractivity contribution is 0.102. The summed E-state index contributed by atoms with van der Waals surface area (Å²) in [7, 11) is 1.53. The largest absolute Gasteiger partial charge is 0.380 e. The third-order valence-corrected chi connectivity index (χ3v) is 5.57. The first-order valence-corrected chi connectivity index (χ1v) is 9.53. The number of nitrogens with one attached hydrogen (secondary N) is 1. The van der Waals surface area contributed by atoms with Crippen molar-refractivity contribution in [2.75, 3.05) is 18.2 Å². The fourth-order valence-corrected chi connectivity index (χ4v) is 4.21. The summed E-state index contributed by atoms with van der Waals surface area (Å²) >= 11 is 2.89. The number of anilines is 1. The van der Waals surface area contributed by atoms with Gasteiger partial charge in [0.2, 0.25) is 0 Å². The Kier molecular flexibility index (Phi) is 5.67. The van der Waals surface area contributed by atoms with Crippen LogP contribution in [0.1, 0.15) is 22.2 Å². The van der Waals surface area contributed by atoms with E-state index >= 15 is 0 Å². The highest BCUT2D eigenvalue weighted by Crippen LogP contribution is 2.34. The predicted octanol–water partition coefficient (Wildman–Crippen LogP) is 4.95. The smallest absolute Gasteiger partial charge is 0.266 e. The lowest BCUT2D eigenvalue weighted by Crippen LogP contribution is -2.12. The lowest BCUT2D eigenvalue weighted by Gasteiger charge is -2.07. The number of halogens is 1. The molecule has 25 heavy (non-hydrogen) atoms. The number of methoxy groups -OCH3 is 1. The summed E-state index contributed by atoms with van der Waals surface area (Å²) in [6.45, 7) is 2.23. The Hall–Kier alpha value is -1.96. The van der Waals surface area contributed by atoms with E-state index in [4.69, 9.17) is 4.74 Å². The predicted molar refractivity (Wildman–Crippen MR) is 101 cm³/mol. The average molecular weight is 376 g/mol. The van der Waals surface area contributed by atoms with E-state index in [0.717, 1.165) is 15.5 Å². The molecule has 0 radical (unpaired) electrons. The highest BCUT2D eigenvalue weighted by atomic mass is 32.2. The molecule has 0 aliphatic rings. The molecule has 0 saturated carbocycles. The quantitative estimate of drug-likeness (QED) is 0.619. The van der Waals surface area contributed by atoms with Crippen molar-refractivity contribution in [3.8, 4) is 0 Å². The molecule has 7 heteroatoms. The van der Waals surface area contributed by atoms with Crippen LogP contribution in [0.3, 0.4) is 0 Å². The molecule has 2 aromatic heterocycles. The first-order chi connectivity index (χ1) is 12.1. The number of pyridine rings is 1. The third-order valence-electron chi connectivity index (χ3n) is 3.54. The van der Waals surface area contributed by atoms with Crippen LogP contribution in [0.25, 0.3) is 10.1 Å². The van der Waals surface area contributed by atoms with E-state index in [1.807, 2.05) is 12.1 Å². The number of hydrogen-bond donors (Lipinski definition) is 1. The Morgan fingerprint density at radius 3 is 2.88 bits per heavy atom. The van der Waals surface area contributed by atoms with Crippen LogP contribution in [0.5, 0.6) is 0 Å². The molecule has 0 aliphatic heterocycles. The molecule has 0 aliphatic carbocycles. The van der Waals surface area contributed by atoms with E-state index in [1.54, 1.807) is 30.1 Å². The number of fused-ring (bicyclic) bond motifs is 1. The molecule has 1 aromatic carbocycles. The number of carbonyl (C=O) groups excluding carboxylic acids is 1. The Bertz CT molecular complexity index is 894. The summed E-state index contributed by atoms with van der Waals surface area (Å²) in [4.78, 5) is 17.4. The molecule has 0 unspecified atom stereocenters. The van der Waals surface area contributed by atoms with Crippen molar-refractivity contribution in [1.29, 1.82) is 0 Å². The van der Waals surface area contributed by atoms with Crippen LogP contribution in [-0.4, -0.2) is 23.8 Å². The van der Waals surface area contributed by atoms with Crippen molar-refractivity contribution in [2.45, 2.75) is 18.6 Å². The first-order valence-electron chi connectivity index (χ1n) is 7.73. The zero-order chi connectivity index (χ0) is 17.8. The van der Waals surface area contributed by atoms with Gasteiger partial charge in [0.15, 0.2) is 0 Å². The molecule has 3 aromatic rings. The van der Waals surface area contributed by atoms with Crippen LogP contribution in [0.15, 0.2) is 41.6 Å². The second-order valence-electron chi connectivity index (χ2n) is 5.23. The summed E-state index contributed by atoms with van der Waals surface area (Å²) in [5, 5.41) is 4.19. The van der Waals surface area contributed by atoms with Gasteiger partial charge in [-0.05, 0) is 30.0 Å². The molecular weight excluding hydrogens is 359 g/mol. The van der Waals surface area contributed by atoms with Crippen LogP contribution in [0, 0.1) is 5.82 Å². The number of rotatable bonds is 6. The number of hydrogen-bond acceptors (Lipinski definition) is 5. The van der Waals surface area contributed by atoms with Crippen molar-refractivity contribution >= 4 is 44.8 Å². The number of thioether (sulfide) groups is 1. The molecule has 0 spiro atoms. The maximum atomic E-state index is 14.2. The van der Waals surface area contributed by atoms with Crippen LogP contribution in [0.2, 0.25) is 0 Å². The second kappa shape index (κ2) is 7.95. The summed E-state index contributed by atoms with van der Waals surface area (Å²) in [6.07, 6.45) is 1.62. The molecule has 0 saturated heterocycles.